The lowest BCUT2D eigenvalue weighted by molar-refractivity contribution is -0.296. The summed E-state index contributed by atoms with van der Waals surface area (Å²) in [4.78, 5) is 0. The molecular formula is C17H34O6. The second-order valence-electron chi connectivity index (χ2n) is 6.39. The van der Waals surface area contributed by atoms with Crippen molar-refractivity contribution in [2.24, 2.45) is 0 Å². The average Bonchev–Trinajstić information content (AvgIpc) is 2.55. The lowest BCUT2D eigenvalue weighted by Crippen LogP contribution is -2.59. The van der Waals surface area contributed by atoms with Crippen molar-refractivity contribution in [2.75, 3.05) is 13.2 Å². The number of hydrogen-bond acceptors (Lipinski definition) is 6. The van der Waals surface area contributed by atoms with Gasteiger partial charge in [0.05, 0.1) is 6.61 Å². The Balaban J connectivity index is 2.06. The van der Waals surface area contributed by atoms with Crippen molar-refractivity contribution in [3.63, 3.8) is 0 Å². The van der Waals surface area contributed by atoms with E-state index in [-0.39, 0.29) is 0 Å². The molecule has 0 aromatic rings. The lowest BCUT2D eigenvalue weighted by Gasteiger charge is -2.39. The lowest BCUT2D eigenvalue weighted by atomic mass is 9.99. The van der Waals surface area contributed by atoms with E-state index in [2.05, 4.69) is 6.92 Å². The zero-order chi connectivity index (χ0) is 17.1. The molecule has 0 radical (unpaired) electrons. The summed E-state index contributed by atoms with van der Waals surface area (Å²) in [6.07, 6.45) is 5.03. The number of unbranched alkanes of at least 4 members (excludes halogenated alkanes) is 8. The van der Waals surface area contributed by atoms with Gasteiger partial charge in [-0.1, -0.05) is 58.3 Å². The third kappa shape index (κ3) is 7.45. The largest absolute Gasteiger partial charge is 0.394 e. The van der Waals surface area contributed by atoms with Crippen LogP contribution in [-0.4, -0.2) is 64.3 Å². The first-order valence-corrected chi connectivity index (χ1v) is 9.04. The van der Waals surface area contributed by atoms with Crippen LogP contribution in [-0.2, 0) is 9.47 Å². The van der Waals surface area contributed by atoms with Gasteiger partial charge in [0.1, 0.15) is 24.4 Å². The van der Waals surface area contributed by atoms with Crippen molar-refractivity contribution < 1.29 is 29.9 Å². The van der Waals surface area contributed by atoms with E-state index in [0.717, 1.165) is 19.3 Å². The second kappa shape index (κ2) is 12.2. The average molecular weight is 334 g/mol. The Hall–Kier alpha value is -0.240. The van der Waals surface area contributed by atoms with Crippen molar-refractivity contribution in [2.45, 2.75) is 95.4 Å². The molecule has 0 spiro atoms. The highest BCUT2D eigenvalue weighted by atomic mass is 16.7. The van der Waals surface area contributed by atoms with Crippen LogP contribution in [0, 0.1) is 0 Å². The Morgan fingerprint density at radius 3 is 1.96 bits per heavy atom. The minimum Gasteiger partial charge on any atom is -0.394 e. The molecule has 0 aliphatic carbocycles. The van der Waals surface area contributed by atoms with Crippen molar-refractivity contribution in [3.05, 3.63) is 0 Å². The van der Waals surface area contributed by atoms with Gasteiger partial charge in [0.2, 0.25) is 0 Å². The van der Waals surface area contributed by atoms with Crippen LogP contribution in [0.15, 0.2) is 0 Å². The van der Waals surface area contributed by atoms with Crippen LogP contribution >= 0.6 is 0 Å². The van der Waals surface area contributed by atoms with Crippen LogP contribution < -0.4 is 0 Å². The van der Waals surface area contributed by atoms with Crippen LogP contribution in [0.3, 0.4) is 0 Å². The van der Waals surface area contributed by atoms with Gasteiger partial charge in [-0.2, -0.15) is 0 Å². The molecular weight excluding hydrogens is 300 g/mol. The summed E-state index contributed by atoms with van der Waals surface area (Å²) in [5.74, 6) is 0. The predicted octanol–water partition coefficient (Wildman–Crippen LogP) is 1.33. The molecule has 0 amide bonds. The monoisotopic (exact) mass is 334 g/mol. The van der Waals surface area contributed by atoms with E-state index in [4.69, 9.17) is 14.6 Å². The summed E-state index contributed by atoms with van der Waals surface area (Å²) in [6, 6.07) is 0. The molecule has 23 heavy (non-hydrogen) atoms. The van der Waals surface area contributed by atoms with Crippen molar-refractivity contribution in [3.8, 4) is 0 Å². The Morgan fingerprint density at radius 2 is 1.39 bits per heavy atom. The molecule has 1 aliphatic rings. The van der Waals surface area contributed by atoms with Gasteiger partial charge in [-0.05, 0) is 6.42 Å². The first-order chi connectivity index (χ1) is 11.1. The summed E-state index contributed by atoms with van der Waals surface area (Å²) < 4.78 is 10.5. The maximum atomic E-state index is 9.93. The van der Waals surface area contributed by atoms with Crippen molar-refractivity contribution in [1.82, 2.24) is 0 Å². The fourth-order valence-corrected chi connectivity index (χ4v) is 2.88. The molecule has 1 fully saturated rings. The zero-order valence-corrected chi connectivity index (χ0v) is 14.3. The summed E-state index contributed by atoms with van der Waals surface area (Å²) in [5.41, 5.74) is 0. The molecule has 0 saturated carbocycles. The number of aliphatic hydroxyl groups is 4. The number of hydrogen-bond donors (Lipinski definition) is 4. The third-order valence-corrected chi connectivity index (χ3v) is 4.40. The molecule has 1 saturated heterocycles. The van der Waals surface area contributed by atoms with Crippen molar-refractivity contribution >= 4 is 0 Å². The van der Waals surface area contributed by atoms with Gasteiger partial charge < -0.3 is 29.9 Å². The topological polar surface area (TPSA) is 99.4 Å². The first kappa shape index (κ1) is 20.8. The molecule has 0 unspecified atom stereocenters. The maximum absolute atomic E-state index is 9.93. The molecule has 138 valence electrons. The third-order valence-electron chi connectivity index (χ3n) is 4.40. The van der Waals surface area contributed by atoms with Crippen LogP contribution in [0.2, 0.25) is 0 Å². The molecule has 1 rings (SSSR count). The van der Waals surface area contributed by atoms with Gasteiger partial charge in [0.25, 0.3) is 0 Å². The van der Waals surface area contributed by atoms with E-state index in [1.165, 1.54) is 38.5 Å². The summed E-state index contributed by atoms with van der Waals surface area (Å²) >= 11 is 0. The number of rotatable bonds is 12. The smallest absolute Gasteiger partial charge is 0.184 e. The second-order valence-corrected chi connectivity index (χ2v) is 6.39. The molecule has 5 atom stereocenters. The summed E-state index contributed by atoms with van der Waals surface area (Å²) in [6.45, 7) is 2.17. The quantitative estimate of drug-likeness (QED) is 0.402. The Bertz CT molecular complexity index is 288. The van der Waals surface area contributed by atoms with Crippen molar-refractivity contribution in [1.29, 1.82) is 0 Å². The van der Waals surface area contributed by atoms with Gasteiger partial charge in [-0.3, -0.25) is 0 Å². The summed E-state index contributed by atoms with van der Waals surface area (Å²) in [5, 5.41) is 38.5. The van der Waals surface area contributed by atoms with Gasteiger partial charge >= 0.3 is 0 Å². The molecule has 0 aromatic carbocycles. The van der Waals surface area contributed by atoms with Gasteiger partial charge in [-0.15, -0.1) is 0 Å². The highest BCUT2D eigenvalue weighted by Gasteiger charge is 2.44. The molecule has 0 bridgehead atoms. The van der Waals surface area contributed by atoms with E-state index in [0.29, 0.717) is 6.61 Å². The Labute approximate surface area is 139 Å². The number of aliphatic hydroxyl groups excluding tert-OH is 4. The number of ether oxygens (including phenoxy) is 2. The zero-order valence-electron chi connectivity index (χ0n) is 14.3. The molecule has 4 N–H and O–H groups in total. The minimum atomic E-state index is -1.33. The maximum Gasteiger partial charge on any atom is 0.184 e. The Kier molecular flexibility index (Phi) is 11.0. The van der Waals surface area contributed by atoms with Gasteiger partial charge in [0.15, 0.2) is 6.29 Å². The van der Waals surface area contributed by atoms with E-state index in [1.807, 2.05) is 0 Å². The summed E-state index contributed by atoms with van der Waals surface area (Å²) in [7, 11) is 0. The standard InChI is InChI=1S/C17H34O6/c1-2-3-4-5-6-7-8-9-10-11-22-16-15(20)14(19)13(12-18)23-17(16)21/h13-21H,2-12H2,1H3/t13-,14-,15+,16-,17-/m1/s1. The fraction of sp³-hybridized carbons (Fsp3) is 1.00. The van der Waals surface area contributed by atoms with Crippen LogP contribution in [0.25, 0.3) is 0 Å². The minimum absolute atomic E-state index is 0.411. The molecule has 6 heteroatoms. The first-order valence-electron chi connectivity index (χ1n) is 9.04. The highest BCUT2D eigenvalue weighted by Crippen LogP contribution is 2.22. The highest BCUT2D eigenvalue weighted by molar-refractivity contribution is 4.89. The van der Waals surface area contributed by atoms with Crippen LogP contribution in [0.1, 0.15) is 64.7 Å². The predicted molar refractivity (Wildman–Crippen MR) is 86.9 cm³/mol. The van der Waals surface area contributed by atoms with E-state index >= 15 is 0 Å². The van der Waals surface area contributed by atoms with Gasteiger partial charge in [-0.25, -0.2) is 0 Å². The van der Waals surface area contributed by atoms with Crippen LogP contribution in [0.5, 0.6) is 0 Å². The van der Waals surface area contributed by atoms with E-state index in [9.17, 15) is 15.3 Å². The fourth-order valence-electron chi connectivity index (χ4n) is 2.88. The molecule has 1 aliphatic heterocycles. The molecule has 6 nitrogen and oxygen atoms in total. The molecule has 0 aromatic heterocycles. The van der Waals surface area contributed by atoms with E-state index < -0.39 is 37.3 Å². The molecule has 1 heterocycles. The van der Waals surface area contributed by atoms with Gasteiger partial charge in [0, 0.05) is 6.61 Å². The normalized spacial score (nSPS) is 31.4. The van der Waals surface area contributed by atoms with Crippen LogP contribution in [0.4, 0.5) is 0 Å². The SMILES string of the molecule is CCCCCCCCCCCO[C@@H]1[C@@H](O)[C@H](O)[C@@H](CO)O[C@H]1O. The van der Waals surface area contributed by atoms with E-state index in [1.54, 1.807) is 0 Å². The Morgan fingerprint density at radius 1 is 0.826 bits per heavy atom.